The van der Waals surface area contributed by atoms with Gasteiger partial charge >= 0.3 is 0 Å². The van der Waals surface area contributed by atoms with Crippen LogP contribution in [0.3, 0.4) is 0 Å². The van der Waals surface area contributed by atoms with E-state index in [4.69, 9.17) is 0 Å². The lowest BCUT2D eigenvalue weighted by Crippen LogP contribution is -2.27. The number of hydrogen-bond donors (Lipinski definition) is 1. The first-order valence-electron chi connectivity index (χ1n) is 8.85. The van der Waals surface area contributed by atoms with Gasteiger partial charge in [-0.1, -0.05) is 24.3 Å². The molecule has 5 rings (SSSR count). The molecular weight excluding hydrogens is 312 g/mol. The van der Waals surface area contributed by atoms with Gasteiger partial charge < -0.3 is 5.32 Å². The third kappa shape index (κ3) is 2.18. The summed E-state index contributed by atoms with van der Waals surface area (Å²) in [5.41, 5.74) is 4.73. The van der Waals surface area contributed by atoms with Gasteiger partial charge in [-0.25, -0.2) is 0 Å². The Morgan fingerprint density at radius 2 is 2.16 bits per heavy atom. The quantitative estimate of drug-likeness (QED) is 0.802. The summed E-state index contributed by atoms with van der Waals surface area (Å²) in [6.07, 6.45) is 5.39. The number of fused-ring (bicyclic) bond motifs is 3. The third-order valence-corrected chi connectivity index (χ3v) is 5.97. The molecule has 0 bridgehead atoms. The predicted octanol–water partition coefficient (Wildman–Crippen LogP) is 2.67. The van der Waals surface area contributed by atoms with Crippen molar-refractivity contribution in [2.75, 3.05) is 6.54 Å². The lowest BCUT2D eigenvalue weighted by molar-refractivity contribution is 0.0950. The summed E-state index contributed by atoms with van der Waals surface area (Å²) in [7, 11) is 0. The maximum atomic E-state index is 12.5. The first kappa shape index (κ1) is 14.6. The third-order valence-electron chi connectivity index (χ3n) is 5.97. The largest absolute Gasteiger partial charge is 0.352 e. The second-order valence-electron chi connectivity index (χ2n) is 7.32. The van der Waals surface area contributed by atoms with E-state index >= 15 is 0 Å². The molecule has 0 unspecified atom stereocenters. The highest BCUT2D eigenvalue weighted by molar-refractivity contribution is 5.94. The van der Waals surface area contributed by atoms with Gasteiger partial charge in [0.15, 0.2) is 5.65 Å². The van der Waals surface area contributed by atoms with E-state index < -0.39 is 0 Å². The van der Waals surface area contributed by atoms with Crippen molar-refractivity contribution < 1.29 is 4.79 Å². The normalized spacial score (nSPS) is 23.8. The molecule has 1 N–H and O–H groups in total. The number of carbonyl (C=O) groups excluding carboxylic acids is 1. The van der Waals surface area contributed by atoms with E-state index in [9.17, 15) is 4.79 Å². The smallest absolute Gasteiger partial charge is 0.252 e. The zero-order valence-electron chi connectivity index (χ0n) is 14.2. The van der Waals surface area contributed by atoms with E-state index in [-0.39, 0.29) is 5.91 Å². The second kappa shape index (κ2) is 5.15. The molecule has 25 heavy (non-hydrogen) atoms. The molecule has 2 heterocycles. The van der Waals surface area contributed by atoms with Gasteiger partial charge in [0.2, 0.25) is 0 Å². The number of carbonyl (C=O) groups is 1. The first-order chi connectivity index (χ1) is 12.2. The zero-order chi connectivity index (χ0) is 17.0. The van der Waals surface area contributed by atoms with Crippen LogP contribution in [0.25, 0.3) is 5.65 Å². The highest BCUT2D eigenvalue weighted by atomic mass is 16.1. The van der Waals surface area contributed by atoms with Gasteiger partial charge in [0, 0.05) is 18.2 Å². The number of nitrogens with zero attached hydrogens (tertiary/aromatic N) is 3. The van der Waals surface area contributed by atoms with Crippen molar-refractivity contribution in [1.29, 1.82) is 0 Å². The molecular formula is C20H20N4O. The number of pyridine rings is 1. The van der Waals surface area contributed by atoms with E-state index in [2.05, 4.69) is 39.8 Å². The van der Waals surface area contributed by atoms with Crippen molar-refractivity contribution in [3.8, 4) is 0 Å². The van der Waals surface area contributed by atoms with Crippen LogP contribution in [-0.2, 0) is 11.8 Å². The summed E-state index contributed by atoms with van der Waals surface area (Å²) in [4.78, 5) is 12.5. The van der Waals surface area contributed by atoms with Gasteiger partial charge in [0.25, 0.3) is 5.91 Å². The molecule has 1 amide bonds. The minimum absolute atomic E-state index is 0.0247. The van der Waals surface area contributed by atoms with Gasteiger partial charge in [-0.2, -0.15) is 0 Å². The van der Waals surface area contributed by atoms with Crippen molar-refractivity contribution in [3.63, 3.8) is 0 Å². The topological polar surface area (TPSA) is 59.3 Å². The molecule has 2 atom stereocenters. The molecule has 1 saturated carbocycles. The Hall–Kier alpha value is -2.69. The van der Waals surface area contributed by atoms with Crippen LogP contribution >= 0.6 is 0 Å². The Balaban J connectivity index is 1.29. The highest BCUT2D eigenvalue weighted by Gasteiger charge is 2.57. The lowest BCUT2D eigenvalue weighted by Gasteiger charge is -2.12. The summed E-state index contributed by atoms with van der Waals surface area (Å²) in [6.45, 7) is 2.62. The van der Waals surface area contributed by atoms with Gasteiger partial charge in [0.05, 0.1) is 5.56 Å². The van der Waals surface area contributed by atoms with Crippen molar-refractivity contribution in [2.45, 2.75) is 31.6 Å². The number of amides is 1. The van der Waals surface area contributed by atoms with Gasteiger partial charge in [-0.15, -0.1) is 10.2 Å². The minimum atomic E-state index is -0.0247. The number of aromatic nitrogens is 3. The molecule has 0 aliphatic heterocycles. The fourth-order valence-electron chi connectivity index (χ4n) is 4.46. The van der Waals surface area contributed by atoms with Crippen molar-refractivity contribution in [3.05, 3.63) is 65.1 Å². The number of hydrogen-bond acceptors (Lipinski definition) is 3. The summed E-state index contributed by atoms with van der Waals surface area (Å²) in [5.74, 6) is 1.32. The summed E-state index contributed by atoms with van der Waals surface area (Å²) < 4.78 is 1.85. The van der Waals surface area contributed by atoms with Gasteiger partial charge in [-0.05, 0) is 55.4 Å². The average Bonchev–Trinajstić information content (AvgIpc) is 3.04. The van der Waals surface area contributed by atoms with Crippen LogP contribution in [0.2, 0.25) is 0 Å². The summed E-state index contributed by atoms with van der Waals surface area (Å²) >= 11 is 0. The molecule has 1 spiro atoms. The predicted molar refractivity (Wildman–Crippen MR) is 94.6 cm³/mol. The fraction of sp³-hybridized carbons (Fsp3) is 0.350. The Morgan fingerprint density at radius 3 is 3.08 bits per heavy atom. The van der Waals surface area contributed by atoms with E-state index in [0.717, 1.165) is 18.0 Å². The Bertz CT molecular complexity index is 992. The molecule has 1 aromatic carbocycles. The first-order valence-corrected chi connectivity index (χ1v) is 8.85. The van der Waals surface area contributed by atoms with Crippen LogP contribution in [0.15, 0.2) is 42.6 Å². The molecule has 1 fully saturated rings. The molecule has 5 nitrogen and oxygen atoms in total. The molecule has 0 saturated heterocycles. The van der Waals surface area contributed by atoms with Crippen LogP contribution in [-0.4, -0.2) is 27.0 Å². The maximum absolute atomic E-state index is 12.5. The molecule has 2 aliphatic rings. The van der Waals surface area contributed by atoms with Crippen molar-refractivity contribution in [2.24, 2.45) is 5.92 Å². The van der Waals surface area contributed by atoms with Gasteiger partial charge in [-0.3, -0.25) is 9.20 Å². The second-order valence-corrected chi connectivity index (χ2v) is 7.32. The maximum Gasteiger partial charge on any atom is 0.252 e. The van der Waals surface area contributed by atoms with Crippen molar-refractivity contribution >= 4 is 11.6 Å². The molecule has 5 heteroatoms. The van der Waals surface area contributed by atoms with Crippen LogP contribution in [0.4, 0.5) is 0 Å². The highest BCUT2D eigenvalue weighted by Crippen LogP contribution is 2.61. The van der Waals surface area contributed by atoms with Crippen LogP contribution < -0.4 is 5.32 Å². The molecule has 2 aromatic heterocycles. The summed E-state index contributed by atoms with van der Waals surface area (Å²) in [6, 6.07) is 12.4. The Morgan fingerprint density at radius 1 is 1.28 bits per heavy atom. The monoisotopic (exact) mass is 332 g/mol. The SMILES string of the molecule is Cc1nnc2ccc(C(=O)NC[C@H]3C[C@@]34CCc3ccccc34)cn12. The van der Waals surface area contributed by atoms with Crippen LogP contribution in [0, 0.1) is 12.8 Å². The van der Waals surface area contributed by atoms with E-state index in [0.29, 0.717) is 16.9 Å². The summed E-state index contributed by atoms with van der Waals surface area (Å²) in [5, 5.41) is 11.2. The number of rotatable bonds is 3. The Labute approximate surface area is 146 Å². The van der Waals surface area contributed by atoms with Gasteiger partial charge in [0.1, 0.15) is 5.82 Å². The standard InChI is InChI=1S/C20H20N4O/c1-13-22-23-18-7-6-15(12-24(13)18)19(25)21-11-16-10-20(16)9-8-14-4-2-3-5-17(14)20/h2-7,12,16H,8-11H2,1H3,(H,21,25)/t16-,20+/m1/s1. The number of nitrogens with one attached hydrogen (secondary N) is 1. The van der Waals surface area contributed by atoms with E-state index in [1.807, 2.05) is 29.7 Å². The zero-order valence-corrected chi connectivity index (χ0v) is 14.2. The van der Waals surface area contributed by atoms with E-state index in [1.165, 1.54) is 30.4 Å². The molecule has 0 radical (unpaired) electrons. The number of aryl methyl sites for hydroxylation is 2. The van der Waals surface area contributed by atoms with Crippen LogP contribution in [0.1, 0.15) is 40.2 Å². The molecule has 2 aliphatic carbocycles. The van der Waals surface area contributed by atoms with E-state index in [1.54, 1.807) is 0 Å². The average molecular weight is 332 g/mol. The Kier molecular flexibility index (Phi) is 3.02. The minimum Gasteiger partial charge on any atom is -0.352 e. The lowest BCUT2D eigenvalue weighted by atomic mass is 9.95. The van der Waals surface area contributed by atoms with Crippen LogP contribution in [0.5, 0.6) is 0 Å². The molecule has 3 aromatic rings. The number of benzene rings is 1. The van der Waals surface area contributed by atoms with Crippen molar-refractivity contribution in [1.82, 2.24) is 19.9 Å². The molecule has 126 valence electrons. The fourth-order valence-corrected chi connectivity index (χ4v) is 4.46.